The molecule has 6 nitrogen and oxygen atoms in total. The Kier molecular flexibility index (Phi) is 3.93. The van der Waals surface area contributed by atoms with Crippen LogP contribution >= 0.6 is 0 Å². The Bertz CT molecular complexity index is 370. The number of nitrogens with one attached hydrogen (secondary N) is 1. The predicted molar refractivity (Wildman–Crippen MR) is 58.1 cm³/mol. The number of hydrogen-bond acceptors (Lipinski definition) is 5. The Morgan fingerprint density at radius 1 is 1.44 bits per heavy atom. The van der Waals surface area contributed by atoms with E-state index in [0.29, 0.717) is 5.82 Å². The summed E-state index contributed by atoms with van der Waals surface area (Å²) in [5.74, 6) is 0.415. The lowest BCUT2D eigenvalue weighted by molar-refractivity contribution is 0.0525. The summed E-state index contributed by atoms with van der Waals surface area (Å²) in [7, 11) is 0. The van der Waals surface area contributed by atoms with E-state index in [4.69, 9.17) is 4.74 Å². The van der Waals surface area contributed by atoms with Crippen molar-refractivity contribution < 1.29 is 9.53 Å². The predicted octanol–water partition coefficient (Wildman–Crippen LogP) is 2.61. The van der Waals surface area contributed by atoms with Gasteiger partial charge in [-0.25, -0.2) is 9.78 Å². The molecule has 0 fully saturated rings. The van der Waals surface area contributed by atoms with E-state index in [2.05, 4.69) is 20.7 Å². The molecule has 0 bridgehead atoms. The lowest BCUT2D eigenvalue weighted by Crippen LogP contribution is -2.29. The topological polar surface area (TPSA) is 75.9 Å². The molecule has 1 heterocycles. The number of rotatable bonds is 2. The first kappa shape index (κ1) is 12.1. The second-order valence-electron chi connectivity index (χ2n) is 4.00. The van der Waals surface area contributed by atoms with Gasteiger partial charge in [0.1, 0.15) is 5.60 Å². The van der Waals surface area contributed by atoms with Gasteiger partial charge in [0.15, 0.2) is 5.82 Å². The number of amides is 1. The minimum atomic E-state index is -0.646. The third-order valence-electron chi connectivity index (χ3n) is 1.34. The molecule has 0 saturated carbocycles. The van der Waals surface area contributed by atoms with Crippen molar-refractivity contribution in [2.75, 3.05) is 0 Å². The smallest absolute Gasteiger partial charge is 0.429 e. The third kappa shape index (κ3) is 5.04. The van der Waals surface area contributed by atoms with Gasteiger partial charge in [0.25, 0.3) is 0 Å². The molecular formula is C10H14N4O2. The normalized spacial score (nSPS) is 11.4. The highest BCUT2D eigenvalue weighted by atomic mass is 16.6. The standard InChI is InChI=1S/C10H14N4O2/c1-10(2,3)16-9(15)13-14-12-8-6-4-5-7-11-8/h4-7H,1-3H3,(H,11,12,13,15). The molecule has 0 aliphatic carbocycles. The maximum Gasteiger partial charge on any atom is 0.429 e. The van der Waals surface area contributed by atoms with Crippen LogP contribution < -0.4 is 5.43 Å². The molecule has 0 radical (unpaired) electrons. The molecule has 0 aliphatic heterocycles. The lowest BCUT2D eigenvalue weighted by atomic mass is 10.2. The number of nitrogens with zero attached hydrogens (tertiary/aromatic N) is 3. The zero-order valence-electron chi connectivity index (χ0n) is 9.47. The van der Waals surface area contributed by atoms with Crippen LogP contribution in [0.1, 0.15) is 20.8 Å². The van der Waals surface area contributed by atoms with Crippen LogP contribution in [0.4, 0.5) is 10.6 Å². The van der Waals surface area contributed by atoms with E-state index in [9.17, 15) is 4.79 Å². The van der Waals surface area contributed by atoms with Gasteiger partial charge in [-0.05, 0) is 32.9 Å². The Morgan fingerprint density at radius 3 is 2.75 bits per heavy atom. The summed E-state index contributed by atoms with van der Waals surface area (Å²) < 4.78 is 4.95. The van der Waals surface area contributed by atoms with Crippen LogP contribution in [0.3, 0.4) is 0 Å². The van der Waals surface area contributed by atoms with Crippen molar-refractivity contribution >= 4 is 11.9 Å². The summed E-state index contributed by atoms with van der Waals surface area (Å²) in [6.07, 6.45) is 0.939. The number of carbonyl (C=O) groups is 1. The maximum absolute atomic E-state index is 11.1. The van der Waals surface area contributed by atoms with E-state index in [-0.39, 0.29) is 0 Å². The number of hydrogen-bond donors (Lipinski definition) is 1. The minimum absolute atomic E-state index is 0.415. The van der Waals surface area contributed by atoms with Gasteiger partial charge in [-0.15, -0.1) is 5.11 Å². The second-order valence-corrected chi connectivity index (χ2v) is 4.00. The fraction of sp³-hybridized carbons (Fsp3) is 0.400. The van der Waals surface area contributed by atoms with Crippen LogP contribution in [0.5, 0.6) is 0 Å². The van der Waals surface area contributed by atoms with E-state index in [0.717, 1.165) is 0 Å². The minimum Gasteiger partial charge on any atom is -0.443 e. The molecule has 1 N–H and O–H groups in total. The average molecular weight is 222 g/mol. The summed E-state index contributed by atoms with van der Waals surface area (Å²) in [5, 5.41) is 7.14. The number of carbonyl (C=O) groups excluding carboxylic acids is 1. The van der Waals surface area contributed by atoms with Crippen molar-refractivity contribution in [2.24, 2.45) is 10.3 Å². The average Bonchev–Trinajstić information content (AvgIpc) is 2.16. The monoisotopic (exact) mass is 222 g/mol. The van der Waals surface area contributed by atoms with E-state index in [1.807, 2.05) is 0 Å². The molecule has 6 heteroatoms. The van der Waals surface area contributed by atoms with Crippen LogP contribution in [-0.2, 0) is 4.74 Å². The Morgan fingerprint density at radius 2 is 2.19 bits per heavy atom. The number of aromatic nitrogens is 1. The van der Waals surface area contributed by atoms with Crippen LogP contribution in [0, 0.1) is 0 Å². The van der Waals surface area contributed by atoms with Crippen LogP contribution in [-0.4, -0.2) is 16.7 Å². The maximum atomic E-state index is 11.1. The summed E-state index contributed by atoms with van der Waals surface area (Å²) in [4.78, 5) is 15.0. The Balaban J connectivity index is 2.41. The summed E-state index contributed by atoms with van der Waals surface area (Å²) in [5.41, 5.74) is 1.59. The molecule has 1 rings (SSSR count). The van der Waals surface area contributed by atoms with Crippen molar-refractivity contribution in [1.82, 2.24) is 10.4 Å². The fourth-order valence-electron chi connectivity index (χ4n) is 0.831. The molecule has 1 aromatic rings. The number of pyridine rings is 1. The first-order valence-corrected chi connectivity index (χ1v) is 4.78. The van der Waals surface area contributed by atoms with Crippen molar-refractivity contribution in [3.63, 3.8) is 0 Å². The highest BCUT2D eigenvalue weighted by Gasteiger charge is 2.15. The molecule has 86 valence electrons. The largest absolute Gasteiger partial charge is 0.443 e. The van der Waals surface area contributed by atoms with Gasteiger partial charge in [-0.2, -0.15) is 5.43 Å². The van der Waals surface area contributed by atoms with Gasteiger partial charge in [0.2, 0.25) is 0 Å². The summed E-state index contributed by atoms with van der Waals surface area (Å²) >= 11 is 0. The number of ether oxygens (including phenoxy) is 1. The molecule has 0 aromatic carbocycles. The third-order valence-corrected chi connectivity index (χ3v) is 1.34. The molecule has 0 saturated heterocycles. The molecule has 0 spiro atoms. The molecule has 0 unspecified atom stereocenters. The molecule has 16 heavy (non-hydrogen) atoms. The molecule has 1 aromatic heterocycles. The lowest BCUT2D eigenvalue weighted by Gasteiger charge is -2.18. The second kappa shape index (κ2) is 5.20. The van der Waals surface area contributed by atoms with Crippen molar-refractivity contribution in [3.05, 3.63) is 24.4 Å². The van der Waals surface area contributed by atoms with Gasteiger partial charge >= 0.3 is 6.09 Å². The van der Waals surface area contributed by atoms with Crippen LogP contribution in [0.15, 0.2) is 34.7 Å². The van der Waals surface area contributed by atoms with Gasteiger partial charge in [0, 0.05) is 6.20 Å². The van der Waals surface area contributed by atoms with E-state index < -0.39 is 11.7 Å². The highest BCUT2D eigenvalue weighted by Crippen LogP contribution is 2.07. The van der Waals surface area contributed by atoms with Crippen molar-refractivity contribution in [3.8, 4) is 0 Å². The molecular weight excluding hydrogens is 208 g/mol. The molecule has 0 atom stereocenters. The van der Waals surface area contributed by atoms with E-state index >= 15 is 0 Å². The van der Waals surface area contributed by atoms with Crippen LogP contribution in [0.25, 0.3) is 0 Å². The van der Waals surface area contributed by atoms with Crippen molar-refractivity contribution in [2.45, 2.75) is 26.4 Å². The first-order chi connectivity index (χ1) is 7.47. The van der Waals surface area contributed by atoms with Gasteiger partial charge in [0.05, 0.1) is 0 Å². The van der Waals surface area contributed by atoms with Crippen LogP contribution in [0.2, 0.25) is 0 Å². The quantitative estimate of drug-likeness (QED) is 0.617. The van der Waals surface area contributed by atoms with Gasteiger partial charge < -0.3 is 4.74 Å². The van der Waals surface area contributed by atoms with Crippen molar-refractivity contribution in [1.29, 1.82) is 0 Å². The molecule has 0 aliphatic rings. The summed E-state index contributed by atoms with van der Waals surface area (Å²) in [6, 6.07) is 5.20. The zero-order valence-corrected chi connectivity index (χ0v) is 9.47. The zero-order chi connectivity index (χ0) is 12.0. The van der Waals surface area contributed by atoms with Gasteiger partial charge in [-0.1, -0.05) is 11.3 Å². The Labute approximate surface area is 93.7 Å². The summed E-state index contributed by atoms with van der Waals surface area (Å²) in [6.45, 7) is 5.30. The van der Waals surface area contributed by atoms with E-state index in [1.54, 1.807) is 45.2 Å². The highest BCUT2D eigenvalue weighted by molar-refractivity contribution is 5.67. The van der Waals surface area contributed by atoms with Gasteiger partial charge in [-0.3, -0.25) is 0 Å². The SMILES string of the molecule is CC(C)(C)OC(=O)NN=Nc1ccccn1. The molecule has 1 amide bonds. The fourth-order valence-corrected chi connectivity index (χ4v) is 0.831. The Hall–Kier alpha value is -1.98. The first-order valence-electron chi connectivity index (χ1n) is 4.78. The van der Waals surface area contributed by atoms with E-state index in [1.165, 1.54) is 0 Å².